The Morgan fingerprint density at radius 3 is 2.20 bits per heavy atom. The van der Waals surface area contributed by atoms with Crippen molar-refractivity contribution in [2.45, 2.75) is 51.7 Å². The van der Waals surface area contributed by atoms with Crippen molar-refractivity contribution in [1.82, 2.24) is 9.97 Å². The summed E-state index contributed by atoms with van der Waals surface area (Å²) in [6, 6.07) is 5.71. The van der Waals surface area contributed by atoms with E-state index in [1.165, 1.54) is 0 Å². The van der Waals surface area contributed by atoms with Gasteiger partial charge in [-0.2, -0.15) is 0 Å². The molecule has 2 aromatic rings. The Bertz CT molecular complexity index is 815. The molecular formula is C20H22N2O3. The number of hydrogen-bond donors (Lipinski definition) is 0. The number of ketones is 2. The first-order chi connectivity index (χ1) is 11.6. The molecule has 0 saturated carbocycles. The number of nitrogens with zero attached hydrogens (tertiary/aromatic N) is 2. The van der Waals surface area contributed by atoms with Crippen LogP contribution in [0, 0.1) is 6.92 Å². The molecule has 0 unspecified atom stereocenters. The molecule has 0 spiro atoms. The maximum Gasteiger partial charge on any atom is 0.179 e. The van der Waals surface area contributed by atoms with Crippen LogP contribution in [-0.2, 0) is 14.3 Å². The molecule has 1 aromatic carbocycles. The third-order valence-corrected chi connectivity index (χ3v) is 4.67. The smallest absolute Gasteiger partial charge is 0.179 e. The minimum Gasteiger partial charge on any atom is -0.354 e. The Labute approximate surface area is 147 Å². The summed E-state index contributed by atoms with van der Waals surface area (Å²) in [6.07, 6.45) is 4.89. The number of ether oxygens (including phenoxy) is 1. The first-order valence-corrected chi connectivity index (χ1v) is 8.29. The van der Waals surface area contributed by atoms with Crippen LogP contribution in [0.4, 0.5) is 0 Å². The predicted molar refractivity (Wildman–Crippen MR) is 94.2 cm³/mol. The van der Waals surface area contributed by atoms with E-state index in [2.05, 4.69) is 9.97 Å². The lowest BCUT2D eigenvalue weighted by atomic mass is 9.74. The van der Waals surface area contributed by atoms with Gasteiger partial charge in [0.2, 0.25) is 0 Å². The van der Waals surface area contributed by atoms with Gasteiger partial charge in [0.15, 0.2) is 11.6 Å². The van der Waals surface area contributed by atoms with E-state index >= 15 is 0 Å². The Morgan fingerprint density at radius 2 is 1.64 bits per heavy atom. The van der Waals surface area contributed by atoms with Crippen molar-refractivity contribution in [2.75, 3.05) is 0 Å². The van der Waals surface area contributed by atoms with Gasteiger partial charge in [0.25, 0.3) is 0 Å². The van der Waals surface area contributed by atoms with Gasteiger partial charge >= 0.3 is 0 Å². The van der Waals surface area contributed by atoms with Crippen LogP contribution in [0.1, 0.15) is 44.7 Å². The highest BCUT2D eigenvalue weighted by Crippen LogP contribution is 2.40. The van der Waals surface area contributed by atoms with E-state index < -0.39 is 17.1 Å². The van der Waals surface area contributed by atoms with E-state index in [4.69, 9.17) is 4.74 Å². The number of Topliss-reactive ketones (excluding diaryl/α,β-unsaturated/α-hetero) is 2. The molecule has 25 heavy (non-hydrogen) atoms. The van der Waals surface area contributed by atoms with Crippen LogP contribution < -0.4 is 0 Å². The molecule has 0 aliphatic carbocycles. The van der Waals surface area contributed by atoms with Crippen LogP contribution >= 0.6 is 0 Å². The van der Waals surface area contributed by atoms with Crippen LogP contribution in [0.15, 0.2) is 36.8 Å². The van der Waals surface area contributed by atoms with Gasteiger partial charge in [-0.05, 0) is 51.8 Å². The lowest BCUT2D eigenvalue weighted by Crippen LogP contribution is -2.58. The lowest BCUT2D eigenvalue weighted by Gasteiger charge is -2.43. The second kappa shape index (κ2) is 5.85. The van der Waals surface area contributed by atoms with Crippen molar-refractivity contribution < 1.29 is 14.3 Å². The minimum absolute atomic E-state index is 0.212. The molecule has 5 heteroatoms. The topological polar surface area (TPSA) is 69.2 Å². The third kappa shape index (κ3) is 3.00. The molecule has 130 valence electrons. The Hall–Kier alpha value is -2.40. The molecule has 1 aromatic heterocycles. The van der Waals surface area contributed by atoms with Crippen LogP contribution in [0.5, 0.6) is 0 Å². The van der Waals surface area contributed by atoms with E-state index in [-0.39, 0.29) is 11.6 Å². The number of rotatable bonds is 2. The summed E-state index contributed by atoms with van der Waals surface area (Å²) in [5.74, 6) is -1.26. The Balaban J connectivity index is 2.14. The molecule has 5 nitrogen and oxygen atoms in total. The number of aromatic nitrogens is 2. The number of carbonyl (C=O) groups excluding carboxylic acids is 2. The fourth-order valence-corrected chi connectivity index (χ4v) is 3.39. The fraction of sp³-hybridized carbons (Fsp3) is 0.400. The van der Waals surface area contributed by atoms with E-state index in [1.54, 1.807) is 46.3 Å². The minimum atomic E-state index is -1.02. The van der Waals surface area contributed by atoms with Gasteiger partial charge in [-0.15, -0.1) is 0 Å². The molecule has 3 rings (SSSR count). The van der Waals surface area contributed by atoms with Crippen molar-refractivity contribution in [3.63, 3.8) is 0 Å². The maximum atomic E-state index is 13.0. The summed E-state index contributed by atoms with van der Waals surface area (Å²) >= 11 is 0. The van der Waals surface area contributed by atoms with Gasteiger partial charge in [-0.25, -0.2) is 0 Å². The fourth-order valence-electron chi connectivity index (χ4n) is 3.39. The second-order valence-corrected chi connectivity index (χ2v) is 7.45. The Kier molecular flexibility index (Phi) is 4.07. The van der Waals surface area contributed by atoms with Crippen molar-refractivity contribution in [3.8, 4) is 11.3 Å². The summed E-state index contributed by atoms with van der Waals surface area (Å²) < 4.78 is 5.77. The molecule has 2 heterocycles. The standard InChI is InChI=1S/C20H22N2O3/c1-12-6-7-13(15-11-21-8-9-22-15)10-14(12)16-17(23)19(2,3)25-20(4,5)18(16)24/h6-11,16H,1-5H3. The quantitative estimate of drug-likeness (QED) is 0.786. The number of aryl methyl sites for hydroxylation is 1. The van der Waals surface area contributed by atoms with Crippen molar-refractivity contribution in [2.24, 2.45) is 0 Å². The van der Waals surface area contributed by atoms with Crippen LogP contribution in [0.3, 0.4) is 0 Å². The average Bonchev–Trinajstić information content (AvgIpc) is 2.55. The molecule has 0 atom stereocenters. The molecule has 1 saturated heterocycles. The van der Waals surface area contributed by atoms with E-state index in [9.17, 15) is 9.59 Å². The monoisotopic (exact) mass is 338 g/mol. The summed E-state index contributed by atoms with van der Waals surface area (Å²) in [5, 5.41) is 0. The normalized spacial score (nSPS) is 19.9. The summed E-state index contributed by atoms with van der Waals surface area (Å²) in [4.78, 5) is 34.3. The lowest BCUT2D eigenvalue weighted by molar-refractivity contribution is -0.184. The third-order valence-electron chi connectivity index (χ3n) is 4.67. The molecule has 1 aliphatic rings. The van der Waals surface area contributed by atoms with Crippen molar-refractivity contribution in [1.29, 1.82) is 0 Å². The molecule has 1 aliphatic heterocycles. The molecule has 1 fully saturated rings. The first kappa shape index (κ1) is 17.4. The highest BCUT2D eigenvalue weighted by Gasteiger charge is 2.53. The number of hydrogen-bond acceptors (Lipinski definition) is 5. The molecule has 0 radical (unpaired) electrons. The van der Waals surface area contributed by atoms with Crippen molar-refractivity contribution >= 4 is 11.6 Å². The molecular weight excluding hydrogens is 316 g/mol. The van der Waals surface area contributed by atoms with Gasteiger partial charge in [0.1, 0.15) is 17.1 Å². The van der Waals surface area contributed by atoms with Crippen molar-refractivity contribution in [3.05, 3.63) is 47.9 Å². The van der Waals surface area contributed by atoms with Gasteiger partial charge < -0.3 is 4.74 Å². The molecule has 0 amide bonds. The Morgan fingerprint density at radius 1 is 1.00 bits per heavy atom. The van der Waals surface area contributed by atoms with Crippen LogP contribution in [-0.4, -0.2) is 32.7 Å². The summed E-state index contributed by atoms with van der Waals surface area (Å²) in [7, 11) is 0. The maximum absolute atomic E-state index is 13.0. The first-order valence-electron chi connectivity index (χ1n) is 8.29. The summed E-state index contributed by atoms with van der Waals surface area (Å²) in [6.45, 7) is 8.79. The predicted octanol–water partition coefficient (Wildman–Crippen LogP) is 3.26. The van der Waals surface area contributed by atoms with Gasteiger partial charge in [0, 0.05) is 18.0 Å². The zero-order valence-electron chi connectivity index (χ0n) is 15.2. The highest BCUT2D eigenvalue weighted by molar-refractivity contribution is 6.15. The summed E-state index contributed by atoms with van der Waals surface area (Å²) in [5.41, 5.74) is 1.11. The molecule has 0 bridgehead atoms. The number of benzene rings is 1. The highest BCUT2D eigenvalue weighted by atomic mass is 16.5. The average molecular weight is 338 g/mol. The molecule has 0 N–H and O–H groups in total. The van der Waals surface area contributed by atoms with Crippen LogP contribution in [0.2, 0.25) is 0 Å². The van der Waals surface area contributed by atoms with E-state index in [0.29, 0.717) is 11.3 Å². The SMILES string of the molecule is Cc1ccc(-c2cnccn2)cc1C1C(=O)C(C)(C)OC(C)(C)C1=O. The largest absolute Gasteiger partial charge is 0.354 e. The second-order valence-electron chi connectivity index (χ2n) is 7.45. The van der Waals surface area contributed by atoms with E-state index in [0.717, 1.165) is 11.1 Å². The van der Waals surface area contributed by atoms with Gasteiger partial charge in [-0.1, -0.05) is 12.1 Å². The van der Waals surface area contributed by atoms with Crippen LogP contribution in [0.25, 0.3) is 11.3 Å². The van der Waals surface area contributed by atoms with Gasteiger partial charge in [-0.3, -0.25) is 19.6 Å². The zero-order valence-corrected chi connectivity index (χ0v) is 15.2. The van der Waals surface area contributed by atoms with Gasteiger partial charge in [0.05, 0.1) is 11.9 Å². The van der Waals surface area contributed by atoms with E-state index in [1.807, 2.05) is 25.1 Å². The number of carbonyl (C=O) groups is 2. The zero-order chi connectivity index (χ0) is 18.4.